The van der Waals surface area contributed by atoms with E-state index in [4.69, 9.17) is 0 Å². The topological polar surface area (TPSA) is 126 Å². The Balaban J connectivity index is 1.97. The number of aromatic nitrogens is 1. The molecule has 0 bridgehead atoms. The molecule has 2 N–H and O–H groups in total. The van der Waals surface area contributed by atoms with E-state index in [1.165, 1.54) is 24.5 Å². The third-order valence-corrected chi connectivity index (χ3v) is 7.65. The summed E-state index contributed by atoms with van der Waals surface area (Å²) >= 11 is 0. The monoisotopic (exact) mass is 586 g/mol. The van der Waals surface area contributed by atoms with E-state index in [2.05, 4.69) is 15.6 Å². The molecule has 0 unspecified atom stereocenters. The van der Waals surface area contributed by atoms with Gasteiger partial charge in [0.15, 0.2) is 9.84 Å². The third kappa shape index (κ3) is 9.57. The molecular formula is C26H30F4N4O5S. The van der Waals surface area contributed by atoms with Gasteiger partial charge >= 0.3 is 6.18 Å². The zero-order valence-electron chi connectivity index (χ0n) is 21.7. The number of carbonyl (C=O) groups excluding carboxylic acids is 3. The van der Waals surface area contributed by atoms with Crippen molar-refractivity contribution in [3.8, 4) is 0 Å². The summed E-state index contributed by atoms with van der Waals surface area (Å²) in [7, 11) is -4.24. The lowest BCUT2D eigenvalue weighted by Crippen LogP contribution is -2.57. The predicted molar refractivity (Wildman–Crippen MR) is 138 cm³/mol. The molecular weight excluding hydrogens is 556 g/mol. The van der Waals surface area contributed by atoms with E-state index in [9.17, 15) is 40.4 Å². The summed E-state index contributed by atoms with van der Waals surface area (Å²) in [6.45, 7) is -0.0662. The maximum atomic E-state index is 13.7. The van der Waals surface area contributed by atoms with Crippen molar-refractivity contribution in [2.45, 2.75) is 62.7 Å². The summed E-state index contributed by atoms with van der Waals surface area (Å²) in [6, 6.07) is 3.17. The second-order valence-electron chi connectivity index (χ2n) is 9.61. The van der Waals surface area contributed by atoms with Crippen LogP contribution < -0.4 is 15.5 Å². The summed E-state index contributed by atoms with van der Waals surface area (Å²) in [5, 5.41) is 4.83. The van der Waals surface area contributed by atoms with Crippen molar-refractivity contribution in [1.29, 1.82) is 0 Å². The molecule has 0 saturated heterocycles. The van der Waals surface area contributed by atoms with Crippen molar-refractivity contribution in [3.63, 3.8) is 0 Å². The van der Waals surface area contributed by atoms with Crippen LogP contribution in [0.1, 0.15) is 38.2 Å². The molecule has 1 aromatic carbocycles. The molecule has 2 aromatic rings. The highest BCUT2D eigenvalue weighted by molar-refractivity contribution is 7.90. The SMILES string of the molecule is CCC[C@H](NC(=O)[C@H](CS(=O)(=O)Cc1cccnc1)N(CC(F)(F)F)c1ccc(F)cc1)C(=O)C(=O)NC1CC1. The summed E-state index contributed by atoms with van der Waals surface area (Å²) < 4.78 is 81.0. The Morgan fingerprint density at radius 3 is 2.35 bits per heavy atom. The molecule has 0 spiro atoms. The summed E-state index contributed by atoms with van der Waals surface area (Å²) in [5.74, 6) is -5.56. The number of hydrogen-bond acceptors (Lipinski definition) is 7. The maximum absolute atomic E-state index is 13.7. The van der Waals surface area contributed by atoms with Gasteiger partial charge in [0.25, 0.3) is 5.91 Å². The van der Waals surface area contributed by atoms with E-state index in [-0.39, 0.29) is 23.7 Å². The number of rotatable bonds is 14. The van der Waals surface area contributed by atoms with Gasteiger partial charge in [-0.1, -0.05) is 19.4 Å². The molecule has 1 fully saturated rings. The average molecular weight is 587 g/mol. The molecule has 1 aliphatic rings. The van der Waals surface area contributed by atoms with Gasteiger partial charge in [0.1, 0.15) is 18.4 Å². The largest absolute Gasteiger partial charge is 0.405 e. The van der Waals surface area contributed by atoms with Crippen molar-refractivity contribution >= 4 is 33.1 Å². The fraction of sp³-hybridized carbons (Fsp3) is 0.462. The maximum Gasteiger partial charge on any atom is 0.405 e. The van der Waals surface area contributed by atoms with E-state index in [0.29, 0.717) is 24.2 Å². The second kappa shape index (κ2) is 13.2. The Labute approximate surface area is 229 Å². The van der Waals surface area contributed by atoms with Crippen LogP contribution in [0, 0.1) is 5.82 Å². The van der Waals surface area contributed by atoms with Gasteiger partial charge in [0.2, 0.25) is 11.7 Å². The van der Waals surface area contributed by atoms with Crippen LogP contribution in [0.2, 0.25) is 0 Å². The zero-order chi connectivity index (χ0) is 29.5. The summed E-state index contributed by atoms with van der Waals surface area (Å²) in [6.07, 6.45) is -0.474. The number of nitrogens with zero attached hydrogens (tertiary/aromatic N) is 2. The Morgan fingerprint density at radius 1 is 1.12 bits per heavy atom. The fourth-order valence-electron chi connectivity index (χ4n) is 4.02. The first-order chi connectivity index (χ1) is 18.8. The highest BCUT2D eigenvalue weighted by atomic mass is 32.2. The van der Waals surface area contributed by atoms with Crippen LogP contribution in [0.15, 0.2) is 48.8 Å². The molecule has 1 heterocycles. The minimum atomic E-state index is -4.89. The predicted octanol–water partition coefficient (Wildman–Crippen LogP) is 2.71. The number of amides is 2. The van der Waals surface area contributed by atoms with Crippen molar-refractivity contribution in [2.75, 3.05) is 17.2 Å². The normalized spacial score (nSPS) is 15.1. The number of anilines is 1. The van der Waals surface area contributed by atoms with Gasteiger partial charge in [-0.2, -0.15) is 13.2 Å². The van der Waals surface area contributed by atoms with Gasteiger partial charge in [0, 0.05) is 24.1 Å². The zero-order valence-corrected chi connectivity index (χ0v) is 22.5. The second-order valence-corrected chi connectivity index (χ2v) is 11.7. The summed E-state index contributed by atoms with van der Waals surface area (Å²) in [4.78, 5) is 43.0. The molecule has 0 radical (unpaired) electrons. The van der Waals surface area contributed by atoms with Gasteiger partial charge in [-0.25, -0.2) is 12.8 Å². The van der Waals surface area contributed by atoms with Crippen LogP contribution in [0.5, 0.6) is 0 Å². The van der Waals surface area contributed by atoms with Crippen molar-refractivity contribution in [3.05, 3.63) is 60.2 Å². The van der Waals surface area contributed by atoms with Gasteiger partial charge < -0.3 is 15.5 Å². The van der Waals surface area contributed by atoms with Gasteiger partial charge in [-0.3, -0.25) is 19.4 Å². The molecule has 40 heavy (non-hydrogen) atoms. The van der Waals surface area contributed by atoms with E-state index in [0.717, 1.165) is 24.3 Å². The van der Waals surface area contributed by atoms with E-state index in [1.54, 1.807) is 6.92 Å². The molecule has 2 amide bonds. The van der Waals surface area contributed by atoms with Crippen LogP contribution in [0.25, 0.3) is 0 Å². The molecule has 218 valence electrons. The van der Waals surface area contributed by atoms with Crippen LogP contribution in [-0.2, 0) is 30.0 Å². The van der Waals surface area contributed by atoms with Gasteiger partial charge in [-0.05, 0) is 55.2 Å². The Hall–Kier alpha value is -3.55. The quantitative estimate of drug-likeness (QED) is 0.258. The number of pyridine rings is 1. The Bertz CT molecular complexity index is 1290. The van der Waals surface area contributed by atoms with Crippen molar-refractivity contribution in [2.24, 2.45) is 0 Å². The summed E-state index contributed by atoms with van der Waals surface area (Å²) in [5.41, 5.74) is -0.0121. The molecule has 14 heteroatoms. The molecule has 1 aromatic heterocycles. The average Bonchev–Trinajstić information content (AvgIpc) is 3.69. The molecule has 2 atom stereocenters. The minimum absolute atomic E-state index is 0.00632. The lowest BCUT2D eigenvalue weighted by molar-refractivity contribution is -0.140. The molecule has 1 aliphatic carbocycles. The number of hydrogen-bond donors (Lipinski definition) is 2. The highest BCUT2D eigenvalue weighted by Crippen LogP contribution is 2.26. The molecule has 1 saturated carbocycles. The number of carbonyl (C=O) groups is 3. The Morgan fingerprint density at radius 2 is 1.80 bits per heavy atom. The lowest BCUT2D eigenvalue weighted by Gasteiger charge is -2.34. The first-order valence-corrected chi connectivity index (χ1v) is 14.4. The smallest absolute Gasteiger partial charge is 0.350 e. The Kier molecular flexibility index (Phi) is 10.2. The standard InChI is InChI=1S/C26H30F4N4O5S/c1-2-4-21(23(35)25(37)32-19-8-9-19)33-24(36)22(15-40(38,39)14-17-5-3-12-31-13-17)34(16-26(28,29)30)20-10-6-18(27)7-11-20/h3,5-7,10-13,19,21-22H,2,4,8-9,14-16H2,1H3,(H,32,37)(H,33,36)/t21-,22-/m0/s1. The van der Waals surface area contributed by atoms with Crippen LogP contribution in [0.3, 0.4) is 0 Å². The number of alkyl halides is 3. The number of Topliss-reactive ketones (excluding diaryl/α,β-unsaturated/α-hetero) is 1. The van der Waals surface area contributed by atoms with E-state index in [1.807, 2.05) is 0 Å². The van der Waals surface area contributed by atoms with Crippen LogP contribution >= 0.6 is 0 Å². The number of benzene rings is 1. The molecule has 0 aliphatic heterocycles. The first-order valence-electron chi connectivity index (χ1n) is 12.6. The molecule has 3 rings (SSSR count). The third-order valence-electron chi connectivity index (χ3n) is 6.05. The van der Waals surface area contributed by atoms with E-state index >= 15 is 0 Å². The fourth-order valence-corrected chi connectivity index (χ4v) is 5.63. The molecule has 9 nitrogen and oxygen atoms in total. The van der Waals surface area contributed by atoms with Crippen molar-refractivity contribution in [1.82, 2.24) is 15.6 Å². The minimum Gasteiger partial charge on any atom is -0.350 e. The lowest BCUT2D eigenvalue weighted by atomic mass is 10.1. The van der Waals surface area contributed by atoms with Crippen molar-refractivity contribution < 1.29 is 40.4 Å². The van der Waals surface area contributed by atoms with Crippen LogP contribution in [-0.4, -0.2) is 67.6 Å². The first kappa shape index (κ1) is 31.0. The number of nitrogens with one attached hydrogen (secondary N) is 2. The van der Waals surface area contributed by atoms with Crippen LogP contribution in [0.4, 0.5) is 23.2 Å². The number of halogens is 4. The highest BCUT2D eigenvalue weighted by Gasteiger charge is 2.40. The van der Waals surface area contributed by atoms with Gasteiger partial charge in [0.05, 0.1) is 17.5 Å². The van der Waals surface area contributed by atoms with E-state index < -0.39 is 69.6 Å². The number of ketones is 1. The number of sulfone groups is 1. The van der Waals surface area contributed by atoms with Gasteiger partial charge in [-0.15, -0.1) is 0 Å².